The molecule has 1 atom stereocenters. The van der Waals surface area contributed by atoms with Crippen molar-refractivity contribution in [1.82, 2.24) is 4.90 Å². The van der Waals surface area contributed by atoms with Gasteiger partial charge in [0.25, 0.3) is 0 Å². The molecule has 0 aliphatic heterocycles. The van der Waals surface area contributed by atoms with Gasteiger partial charge in [0.15, 0.2) is 6.10 Å². The highest BCUT2D eigenvalue weighted by atomic mass is 19.4. The molecule has 0 aliphatic rings. The molecule has 2 amide bonds. The van der Waals surface area contributed by atoms with Crippen molar-refractivity contribution in [2.24, 2.45) is 0 Å². The Labute approximate surface area is 221 Å². The number of aliphatic carboxylic acids is 1. The van der Waals surface area contributed by atoms with Crippen LogP contribution < -0.4 is 10.1 Å². The Balaban J connectivity index is 1.96. The zero-order chi connectivity index (χ0) is 29.1. The minimum Gasteiger partial charge on any atom is -0.492 e. The molecule has 2 N–H and O–H groups in total. The third-order valence-electron chi connectivity index (χ3n) is 5.56. The van der Waals surface area contributed by atoms with Gasteiger partial charge in [-0.25, -0.2) is 14.0 Å². The first-order valence-corrected chi connectivity index (χ1v) is 12.1. The van der Waals surface area contributed by atoms with Crippen LogP contribution in [0.5, 0.6) is 5.75 Å². The Morgan fingerprint density at radius 3 is 2.31 bits per heavy atom. The molecule has 0 aliphatic carbocycles. The molecule has 216 valence electrons. The lowest BCUT2D eigenvalue weighted by Crippen LogP contribution is -2.39. The lowest BCUT2D eigenvalue weighted by atomic mass is 10.1. The van der Waals surface area contributed by atoms with Crippen LogP contribution in [0.3, 0.4) is 0 Å². The number of carboxylic acid groups (broad SMARTS) is 1. The highest BCUT2D eigenvalue weighted by molar-refractivity contribution is 5.89. The highest BCUT2D eigenvalue weighted by Crippen LogP contribution is 2.39. The maximum Gasteiger partial charge on any atom is 0.453 e. The number of carboxylic acids is 1. The molecule has 0 radical (unpaired) electrons. The van der Waals surface area contributed by atoms with E-state index in [4.69, 9.17) is 9.47 Å². The number of unbranched alkanes of at least 4 members (excludes halogenated alkanes) is 1. The number of amides is 2. The zero-order valence-corrected chi connectivity index (χ0v) is 21.1. The fraction of sp³-hybridized carbons (Fsp3) is 0.462. The van der Waals surface area contributed by atoms with Crippen LogP contribution in [0.1, 0.15) is 31.7 Å². The number of carbonyl (C=O) groups excluding carboxylic acids is 1. The van der Waals surface area contributed by atoms with Gasteiger partial charge in [0, 0.05) is 31.7 Å². The van der Waals surface area contributed by atoms with Crippen LogP contribution in [0, 0.1) is 5.82 Å². The van der Waals surface area contributed by atoms with E-state index in [1.807, 2.05) is 0 Å². The minimum atomic E-state index is -5.65. The molecule has 2 aromatic rings. The average Bonchev–Trinajstić information content (AvgIpc) is 2.85. The van der Waals surface area contributed by atoms with E-state index in [0.29, 0.717) is 11.3 Å². The van der Waals surface area contributed by atoms with Gasteiger partial charge in [-0.3, -0.25) is 0 Å². The number of nitrogens with zero attached hydrogens (tertiary/aromatic N) is 1. The fourth-order valence-corrected chi connectivity index (χ4v) is 3.50. The molecule has 7 nitrogen and oxygen atoms in total. The van der Waals surface area contributed by atoms with E-state index in [1.54, 1.807) is 31.2 Å². The van der Waals surface area contributed by atoms with Gasteiger partial charge in [-0.05, 0) is 55.7 Å². The molecule has 0 spiro atoms. The number of ether oxygens (including phenoxy) is 2. The summed E-state index contributed by atoms with van der Waals surface area (Å²) in [4.78, 5) is 25.1. The smallest absolute Gasteiger partial charge is 0.453 e. The summed E-state index contributed by atoms with van der Waals surface area (Å²) >= 11 is 0. The van der Waals surface area contributed by atoms with E-state index >= 15 is 0 Å². The minimum absolute atomic E-state index is 0.0503. The molecule has 0 bridgehead atoms. The Kier molecular flexibility index (Phi) is 11.9. The second kappa shape index (κ2) is 14.6. The molecule has 0 heterocycles. The maximum atomic E-state index is 13.5. The van der Waals surface area contributed by atoms with Crippen molar-refractivity contribution < 1.29 is 50.5 Å². The molecular formula is C26H30F6N2O5. The van der Waals surface area contributed by atoms with Crippen molar-refractivity contribution in [3.05, 3.63) is 59.9 Å². The lowest BCUT2D eigenvalue weighted by Gasteiger charge is -2.24. The third-order valence-corrected chi connectivity index (χ3v) is 5.56. The number of alkyl halides is 5. The van der Waals surface area contributed by atoms with Gasteiger partial charge in [-0.1, -0.05) is 18.2 Å². The van der Waals surface area contributed by atoms with Gasteiger partial charge >= 0.3 is 24.1 Å². The zero-order valence-electron chi connectivity index (χ0n) is 21.1. The summed E-state index contributed by atoms with van der Waals surface area (Å²) in [6, 6.07) is 10.8. The molecule has 0 saturated heterocycles. The van der Waals surface area contributed by atoms with Crippen LogP contribution in [0.25, 0.3) is 0 Å². The standard InChI is InChI=1S/C26H30F6N2O5/c1-2-38-22(23(35)36)16-18-8-10-21(11-9-18)39-15-14-34(13-4-3-12-25(28,29)26(30,31)32)24(37)33-20-7-5-6-19(27)17-20/h5-11,17,22H,2-4,12-16H2,1H3,(H,33,37)(H,35,36). The normalized spacial score (nSPS) is 12.6. The number of rotatable bonds is 15. The van der Waals surface area contributed by atoms with Crippen LogP contribution in [0.15, 0.2) is 48.5 Å². The third kappa shape index (κ3) is 10.7. The summed E-state index contributed by atoms with van der Waals surface area (Å²) in [7, 11) is 0. The number of hydrogen-bond donors (Lipinski definition) is 2. The summed E-state index contributed by atoms with van der Waals surface area (Å²) in [6.07, 6.45) is -8.54. The van der Waals surface area contributed by atoms with E-state index in [-0.39, 0.29) is 44.8 Å². The van der Waals surface area contributed by atoms with E-state index in [0.717, 1.165) is 6.07 Å². The second-order valence-corrected chi connectivity index (χ2v) is 8.57. The molecule has 13 heteroatoms. The van der Waals surface area contributed by atoms with Crippen LogP contribution in [-0.4, -0.2) is 66.5 Å². The van der Waals surface area contributed by atoms with E-state index in [2.05, 4.69) is 5.32 Å². The molecule has 0 fully saturated rings. The fourth-order valence-electron chi connectivity index (χ4n) is 3.50. The molecule has 39 heavy (non-hydrogen) atoms. The van der Waals surface area contributed by atoms with Crippen LogP contribution >= 0.6 is 0 Å². The highest BCUT2D eigenvalue weighted by Gasteiger charge is 2.56. The summed E-state index contributed by atoms with van der Waals surface area (Å²) in [5, 5.41) is 11.7. The largest absolute Gasteiger partial charge is 0.492 e. The van der Waals surface area contributed by atoms with Gasteiger partial charge < -0.3 is 24.8 Å². The first kappa shape index (κ1) is 31.7. The molecule has 1 unspecified atom stereocenters. The number of benzene rings is 2. The second-order valence-electron chi connectivity index (χ2n) is 8.57. The Morgan fingerprint density at radius 2 is 1.72 bits per heavy atom. The van der Waals surface area contributed by atoms with Crippen molar-refractivity contribution >= 4 is 17.7 Å². The molecule has 2 rings (SSSR count). The van der Waals surface area contributed by atoms with Crippen molar-refractivity contribution in [3.8, 4) is 5.75 Å². The number of carbonyl (C=O) groups is 2. The lowest BCUT2D eigenvalue weighted by molar-refractivity contribution is -0.284. The van der Waals surface area contributed by atoms with Crippen LogP contribution in [0.2, 0.25) is 0 Å². The molecule has 2 aromatic carbocycles. The van der Waals surface area contributed by atoms with Gasteiger partial charge in [-0.15, -0.1) is 0 Å². The summed E-state index contributed by atoms with van der Waals surface area (Å²) in [5.74, 6) is -6.12. The van der Waals surface area contributed by atoms with E-state index in [1.165, 1.54) is 23.1 Å². The molecule has 0 saturated carbocycles. The first-order valence-electron chi connectivity index (χ1n) is 12.1. The van der Waals surface area contributed by atoms with Gasteiger partial charge in [0.2, 0.25) is 0 Å². The topological polar surface area (TPSA) is 88.1 Å². The van der Waals surface area contributed by atoms with E-state index in [9.17, 15) is 41.0 Å². The monoisotopic (exact) mass is 564 g/mol. The number of nitrogens with one attached hydrogen (secondary N) is 1. The van der Waals surface area contributed by atoms with Crippen molar-refractivity contribution in [2.75, 3.05) is 31.6 Å². The summed E-state index contributed by atoms with van der Waals surface area (Å²) in [5.41, 5.74) is 0.826. The Bertz CT molecular complexity index is 1070. The Morgan fingerprint density at radius 1 is 1.03 bits per heavy atom. The Hall–Kier alpha value is -3.48. The quantitative estimate of drug-likeness (QED) is 0.201. The van der Waals surface area contributed by atoms with Gasteiger partial charge in [-0.2, -0.15) is 22.0 Å². The predicted molar refractivity (Wildman–Crippen MR) is 131 cm³/mol. The van der Waals surface area contributed by atoms with Crippen LogP contribution in [-0.2, 0) is 16.0 Å². The van der Waals surface area contributed by atoms with Gasteiger partial charge in [0.05, 0.1) is 6.54 Å². The number of halogens is 6. The average molecular weight is 565 g/mol. The predicted octanol–water partition coefficient (Wildman–Crippen LogP) is 6.14. The van der Waals surface area contributed by atoms with Gasteiger partial charge in [0.1, 0.15) is 18.2 Å². The summed E-state index contributed by atoms with van der Waals surface area (Å²) < 4.78 is 87.9. The van der Waals surface area contributed by atoms with Crippen molar-refractivity contribution in [1.29, 1.82) is 0 Å². The maximum absolute atomic E-state index is 13.5. The summed E-state index contributed by atoms with van der Waals surface area (Å²) in [6.45, 7) is 1.68. The number of urea groups is 1. The number of hydrogen-bond acceptors (Lipinski definition) is 4. The number of anilines is 1. The van der Waals surface area contributed by atoms with E-state index < -0.39 is 48.9 Å². The van der Waals surface area contributed by atoms with Crippen molar-refractivity contribution in [2.45, 2.75) is 50.8 Å². The first-order chi connectivity index (χ1) is 18.3. The van der Waals surface area contributed by atoms with Crippen molar-refractivity contribution in [3.63, 3.8) is 0 Å². The molecule has 0 aromatic heterocycles. The molecular weight excluding hydrogens is 534 g/mol. The van der Waals surface area contributed by atoms with Crippen LogP contribution in [0.4, 0.5) is 36.8 Å². The SMILES string of the molecule is CCOC(Cc1ccc(OCCN(CCCCC(F)(F)C(F)(F)F)C(=O)Nc2cccc(F)c2)cc1)C(=O)O.